The van der Waals surface area contributed by atoms with Crippen LogP contribution in [0, 0.1) is 6.92 Å². The van der Waals surface area contributed by atoms with Gasteiger partial charge in [-0.15, -0.1) is 10.2 Å². The monoisotopic (exact) mass is 308 g/mol. The zero-order chi connectivity index (χ0) is 16.0. The van der Waals surface area contributed by atoms with Gasteiger partial charge in [-0.1, -0.05) is 6.07 Å². The number of aromatic nitrogens is 4. The summed E-state index contributed by atoms with van der Waals surface area (Å²) in [5.41, 5.74) is 0.926. The van der Waals surface area contributed by atoms with Crippen LogP contribution in [0.5, 0.6) is 0 Å². The van der Waals surface area contributed by atoms with Gasteiger partial charge in [0.15, 0.2) is 11.5 Å². The van der Waals surface area contributed by atoms with Crippen LogP contribution in [0.3, 0.4) is 0 Å². The Bertz CT molecular complexity index is 1150. The summed E-state index contributed by atoms with van der Waals surface area (Å²) in [6.07, 6.45) is 3.44. The summed E-state index contributed by atoms with van der Waals surface area (Å²) in [6, 6.07) is 8.54. The summed E-state index contributed by atoms with van der Waals surface area (Å²) in [5, 5.41) is 8.61. The van der Waals surface area contributed by atoms with Gasteiger partial charge in [-0.25, -0.2) is 4.79 Å². The molecule has 23 heavy (non-hydrogen) atoms. The van der Waals surface area contributed by atoms with Gasteiger partial charge in [0.2, 0.25) is 0 Å². The second-order valence-electron chi connectivity index (χ2n) is 5.28. The normalized spacial score (nSPS) is 11.3. The molecule has 0 amide bonds. The molecule has 4 rings (SSSR count). The molecule has 0 aliphatic carbocycles. The number of rotatable bonds is 2. The van der Waals surface area contributed by atoms with Crippen LogP contribution in [0.25, 0.3) is 16.6 Å². The van der Waals surface area contributed by atoms with Crippen molar-refractivity contribution in [3.05, 3.63) is 74.9 Å². The molecule has 0 saturated heterocycles. The molecule has 7 heteroatoms. The molecule has 4 aromatic rings. The van der Waals surface area contributed by atoms with E-state index in [0.717, 1.165) is 5.65 Å². The van der Waals surface area contributed by atoms with Gasteiger partial charge in [0, 0.05) is 18.5 Å². The third-order valence-electron chi connectivity index (χ3n) is 3.76. The predicted octanol–water partition coefficient (Wildman–Crippen LogP) is 1.35. The fourth-order valence-electron chi connectivity index (χ4n) is 2.67. The van der Waals surface area contributed by atoms with Gasteiger partial charge in [0.05, 0.1) is 11.9 Å². The Labute approximate surface area is 129 Å². The van der Waals surface area contributed by atoms with Gasteiger partial charge in [-0.05, 0) is 30.7 Å². The zero-order valence-corrected chi connectivity index (χ0v) is 12.3. The first-order valence-corrected chi connectivity index (χ1v) is 7.06. The number of fused-ring (bicyclic) bond motifs is 2. The Morgan fingerprint density at radius 1 is 1.13 bits per heavy atom. The fraction of sp³-hybridized carbons (Fsp3) is 0.125. The molecule has 0 spiro atoms. The summed E-state index contributed by atoms with van der Waals surface area (Å²) < 4.78 is 8.44. The quantitative estimate of drug-likeness (QED) is 0.558. The van der Waals surface area contributed by atoms with Gasteiger partial charge < -0.3 is 8.98 Å². The number of pyridine rings is 2. The Morgan fingerprint density at radius 3 is 2.87 bits per heavy atom. The minimum atomic E-state index is -0.462. The van der Waals surface area contributed by atoms with Crippen molar-refractivity contribution >= 4 is 16.6 Å². The van der Waals surface area contributed by atoms with E-state index in [9.17, 15) is 9.59 Å². The van der Waals surface area contributed by atoms with Crippen molar-refractivity contribution in [1.29, 1.82) is 0 Å². The van der Waals surface area contributed by atoms with Crippen molar-refractivity contribution in [3.63, 3.8) is 0 Å². The van der Waals surface area contributed by atoms with Gasteiger partial charge in [-0.3, -0.25) is 9.20 Å². The highest BCUT2D eigenvalue weighted by Crippen LogP contribution is 2.12. The van der Waals surface area contributed by atoms with Crippen LogP contribution < -0.4 is 11.2 Å². The lowest BCUT2D eigenvalue weighted by Gasteiger charge is -2.07. The molecule has 0 saturated carbocycles. The second-order valence-corrected chi connectivity index (χ2v) is 5.28. The molecule has 0 fully saturated rings. The van der Waals surface area contributed by atoms with Crippen molar-refractivity contribution in [2.45, 2.75) is 13.5 Å². The van der Waals surface area contributed by atoms with E-state index < -0.39 is 5.63 Å². The lowest BCUT2D eigenvalue weighted by molar-refractivity contribution is 0.557. The summed E-state index contributed by atoms with van der Waals surface area (Å²) in [6.45, 7) is 2.00. The van der Waals surface area contributed by atoms with Gasteiger partial charge in [-0.2, -0.15) is 0 Å². The van der Waals surface area contributed by atoms with Crippen molar-refractivity contribution in [1.82, 2.24) is 19.2 Å². The molecule has 7 nitrogen and oxygen atoms in total. The largest absolute Gasteiger partial charge is 0.422 e. The summed E-state index contributed by atoms with van der Waals surface area (Å²) in [4.78, 5) is 24.1. The smallest absolute Gasteiger partial charge is 0.336 e. The van der Waals surface area contributed by atoms with Gasteiger partial charge in [0.25, 0.3) is 5.56 Å². The number of nitrogens with zero attached hydrogens (tertiary/aromatic N) is 4. The number of aryl methyl sites for hydroxylation is 1. The maximum absolute atomic E-state index is 12.7. The Kier molecular flexibility index (Phi) is 2.87. The van der Waals surface area contributed by atoms with E-state index in [-0.39, 0.29) is 12.1 Å². The third kappa shape index (κ3) is 2.13. The maximum atomic E-state index is 12.7. The minimum Gasteiger partial charge on any atom is -0.422 e. The molecule has 0 aliphatic rings. The van der Waals surface area contributed by atoms with E-state index in [0.29, 0.717) is 22.4 Å². The predicted molar refractivity (Wildman–Crippen MR) is 83.6 cm³/mol. The van der Waals surface area contributed by atoms with Crippen LogP contribution in [0.1, 0.15) is 11.4 Å². The van der Waals surface area contributed by atoms with E-state index >= 15 is 0 Å². The van der Waals surface area contributed by atoms with E-state index in [1.807, 2.05) is 28.8 Å². The zero-order valence-electron chi connectivity index (χ0n) is 12.3. The van der Waals surface area contributed by atoms with E-state index in [2.05, 4.69) is 10.2 Å². The van der Waals surface area contributed by atoms with Crippen molar-refractivity contribution < 1.29 is 4.42 Å². The molecule has 114 valence electrons. The Balaban J connectivity index is 1.88. The highest BCUT2D eigenvalue weighted by atomic mass is 16.4. The summed E-state index contributed by atoms with van der Waals surface area (Å²) in [7, 11) is 0. The molecule has 0 bridgehead atoms. The first-order valence-electron chi connectivity index (χ1n) is 7.06. The summed E-state index contributed by atoms with van der Waals surface area (Å²) in [5.74, 6) is 0.650. The van der Waals surface area contributed by atoms with E-state index in [1.165, 1.54) is 10.6 Å². The molecular formula is C16H12N4O3. The maximum Gasteiger partial charge on any atom is 0.336 e. The molecule has 0 N–H and O–H groups in total. The van der Waals surface area contributed by atoms with Crippen molar-refractivity contribution in [3.8, 4) is 0 Å². The van der Waals surface area contributed by atoms with Crippen LogP contribution in [-0.2, 0) is 6.54 Å². The van der Waals surface area contributed by atoms with Crippen molar-refractivity contribution in [2.24, 2.45) is 0 Å². The molecule has 0 radical (unpaired) electrons. The molecule has 0 atom stereocenters. The average molecular weight is 308 g/mol. The second kappa shape index (κ2) is 4.91. The topological polar surface area (TPSA) is 82.4 Å². The van der Waals surface area contributed by atoms with Gasteiger partial charge >= 0.3 is 5.63 Å². The van der Waals surface area contributed by atoms with Crippen LogP contribution in [0.2, 0.25) is 0 Å². The van der Waals surface area contributed by atoms with Crippen LogP contribution >= 0.6 is 0 Å². The minimum absolute atomic E-state index is 0.226. The molecule has 4 aromatic heterocycles. The van der Waals surface area contributed by atoms with Crippen LogP contribution in [0.15, 0.2) is 56.7 Å². The highest BCUT2D eigenvalue weighted by molar-refractivity contribution is 5.78. The lowest BCUT2D eigenvalue weighted by Crippen LogP contribution is -2.22. The van der Waals surface area contributed by atoms with Gasteiger partial charge in [0.1, 0.15) is 5.58 Å². The average Bonchev–Trinajstić information content (AvgIpc) is 2.93. The number of hydrogen-bond donors (Lipinski definition) is 0. The first kappa shape index (κ1) is 13.4. The van der Waals surface area contributed by atoms with Crippen LogP contribution in [-0.4, -0.2) is 19.2 Å². The Morgan fingerprint density at radius 2 is 2.00 bits per heavy atom. The molecule has 4 heterocycles. The SMILES string of the molecule is Cc1cc(=O)oc2ccn(Cc3nnc4ccccn34)c(=O)c12. The van der Waals surface area contributed by atoms with Crippen molar-refractivity contribution in [2.75, 3.05) is 0 Å². The summed E-state index contributed by atoms with van der Waals surface area (Å²) >= 11 is 0. The van der Waals surface area contributed by atoms with E-state index in [1.54, 1.807) is 19.2 Å². The molecular weight excluding hydrogens is 296 g/mol. The lowest BCUT2D eigenvalue weighted by atomic mass is 10.2. The third-order valence-corrected chi connectivity index (χ3v) is 3.76. The highest BCUT2D eigenvalue weighted by Gasteiger charge is 2.11. The molecule has 0 aliphatic heterocycles. The van der Waals surface area contributed by atoms with Crippen LogP contribution in [0.4, 0.5) is 0 Å². The number of hydrogen-bond acceptors (Lipinski definition) is 5. The standard InChI is InChI=1S/C16H12N4O3/c1-10-8-14(21)23-11-5-7-19(16(22)15(10)11)9-13-18-17-12-4-2-3-6-20(12)13/h2-8H,9H2,1H3. The first-order chi connectivity index (χ1) is 11.1. The molecule has 0 unspecified atom stereocenters. The Hall–Kier alpha value is -3.22. The van der Waals surface area contributed by atoms with E-state index in [4.69, 9.17) is 4.42 Å². The fourth-order valence-corrected chi connectivity index (χ4v) is 2.67. The molecule has 0 aromatic carbocycles.